The van der Waals surface area contributed by atoms with Gasteiger partial charge in [0.25, 0.3) is 0 Å². The van der Waals surface area contributed by atoms with Crippen molar-refractivity contribution in [2.75, 3.05) is 24.5 Å². The fourth-order valence-electron chi connectivity index (χ4n) is 4.01. The second kappa shape index (κ2) is 9.46. The van der Waals surface area contributed by atoms with E-state index in [0.717, 1.165) is 42.5 Å². The minimum atomic E-state index is 0.124. The molecule has 0 aromatic heterocycles. The first-order valence-corrected chi connectivity index (χ1v) is 10.8. The van der Waals surface area contributed by atoms with Crippen LogP contribution in [0.2, 0.25) is 10.0 Å². The minimum Gasteiger partial charge on any atom is -0.361 e. The van der Waals surface area contributed by atoms with Crippen LogP contribution in [0.25, 0.3) is 0 Å². The van der Waals surface area contributed by atoms with Crippen LogP contribution in [-0.2, 0) is 6.54 Å². The third-order valence-electron chi connectivity index (χ3n) is 5.63. The van der Waals surface area contributed by atoms with Crippen LogP contribution in [0.4, 0.5) is 5.69 Å². The van der Waals surface area contributed by atoms with E-state index in [9.17, 15) is 0 Å². The number of nitriles is 1. The second-order valence-corrected chi connectivity index (χ2v) is 8.46. The molecule has 1 aliphatic rings. The first-order chi connectivity index (χ1) is 15.1. The molecule has 1 aliphatic heterocycles. The van der Waals surface area contributed by atoms with Gasteiger partial charge in [-0.1, -0.05) is 53.4 Å². The van der Waals surface area contributed by atoms with E-state index >= 15 is 0 Å². The zero-order valence-corrected chi connectivity index (χ0v) is 18.4. The van der Waals surface area contributed by atoms with E-state index in [1.165, 1.54) is 11.1 Å². The first-order valence-electron chi connectivity index (χ1n) is 10.1. The quantitative estimate of drug-likeness (QED) is 0.467. The molecule has 154 valence electrons. The van der Waals surface area contributed by atoms with Gasteiger partial charge in [0.05, 0.1) is 28.4 Å². The molecule has 1 heterocycles. The molecule has 4 rings (SSSR count). The highest BCUT2D eigenvalue weighted by molar-refractivity contribution is 6.33. The Hall–Kier alpha value is -2.95. The van der Waals surface area contributed by atoms with E-state index in [4.69, 9.17) is 34.9 Å². The maximum Gasteiger partial charge on any atom is 0.0991 e. The molecule has 1 fully saturated rings. The lowest BCUT2D eigenvalue weighted by atomic mass is 10.0. The maximum atomic E-state index is 9.03. The third-order valence-corrected chi connectivity index (χ3v) is 6.19. The summed E-state index contributed by atoms with van der Waals surface area (Å²) in [5, 5.41) is 10.4. The number of benzene rings is 3. The highest BCUT2D eigenvalue weighted by Gasteiger charge is 2.29. The van der Waals surface area contributed by atoms with E-state index in [1.807, 2.05) is 54.6 Å². The van der Waals surface area contributed by atoms with Crippen LogP contribution < -0.4 is 4.90 Å². The Balaban J connectivity index is 1.61. The molecule has 5 heteroatoms. The molecule has 0 N–H and O–H groups in total. The lowest BCUT2D eigenvalue weighted by Gasteiger charge is -2.43. The summed E-state index contributed by atoms with van der Waals surface area (Å²) >= 11 is 12.8. The molecule has 31 heavy (non-hydrogen) atoms. The number of terminal acetylenes is 1. The van der Waals surface area contributed by atoms with Gasteiger partial charge in [0, 0.05) is 36.8 Å². The Bertz CT molecular complexity index is 1140. The highest BCUT2D eigenvalue weighted by atomic mass is 35.5. The summed E-state index contributed by atoms with van der Waals surface area (Å²) < 4.78 is 0. The molecule has 3 aromatic rings. The zero-order valence-electron chi connectivity index (χ0n) is 16.9. The summed E-state index contributed by atoms with van der Waals surface area (Å²) in [5.41, 5.74) is 4.82. The van der Waals surface area contributed by atoms with E-state index in [-0.39, 0.29) is 6.04 Å². The van der Waals surface area contributed by atoms with Crippen molar-refractivity contribution in [3.8, 4) is 18.4 Å². The van der Waals surface area contributed by atoms with Crippen LogP contribution in [0.5, 0.6) is 0 Å². The predicted molar refractivity (Wildman–Crippen MR) is 127 cm³/mol. The Labute approximate surface area is 193 Å². The van der Waals surface area contributed by atoms with Crippen molar-refractivity contribution in [2.24, 2.45) is 0 Å². The van der Waals surface area contributed by atoms with Gasteiger partial charge in [-0.2, -0.15) is 5.26 Å². The van der Waals surface area contributed by atoms with Gasteiger partial charge >= 0.3 is 0 Å². The normalized spacial score (nSPS) is 16.5. The van der Waals surface area contributed by atoms with Crippen LogP contribution in [0.15, 0.2) is 66.7 Å². The molecule has 3 aromatic carbocycles. The van der Waals surface area contributed by atoms with Crippen molar-refractivity contribution in [1.82, 2.24) is 4.90 Å². The van der Waals surface area contributed by atoms with Gasteiger partial charge in [0.1, 0.15) is 0 Å². The number of hydrogen-bond donors (Lipinski definition) is 0. The summed E-state index contributed by atoms with van der Waals surface area (Å²) in [4.78, 5) is 4.78. The molecule has 0 amide bonds. The number of anilines is 1. The predicted octanol–water partition coefficient (Wildman–Crippen LogP) is 5.91. The average molecular weight is 446 g/mol. The van der Waals surface area contributed by atoms with E-state index < -0.39 is 0 Å². The number of halogens is 2. The van der Waals surface area contributed by atoms with Crippen LogP contribution in [-0.4, -0.2) is 24.5 Å². The van der Waals surface area contributed by atoms with Crippen molar-refractivity contribution in [1.29, 1.82) is 5.26 Å². The van der Waals surface area contributed by atoms with Crippen molar-refractivity contribution < 1.29 is 0 Å². The summed E-state index contributed by atoms with van der Waals surface area (Å²) in [7, 11) is 0. The van der Waals surface area contributed by atoms with Crippen LogP contribution in [0.1, 0.15) is 28.3 Å². The van der Waals surface area contributed by atoms with Crippen molar-refractivity contribution in [3.63, 3.8) is 0 Å². The van der Waals surface area contributed by atoms with Gasteiger partial charge in [-0.05, 0) is 53.6 Å². The number of rotatable bonds is 4. The molecule has 0 bridgehead atoms. The van der Waals surface area contributed by atoms with Gasteiger partial charge < -0.3 is 4.90 Å². The van der Waals surface area contributed by atoms with Gasteiger partial charge in [0.15, 0.2) is 0 Å². The molecule has 1 atom stereocenters. The second-order valence-electron chi connectivity index (χ2n) is 7.62. The monoisotopic (exact) mass is 445 g/mol. The fourth-order valence-corrected chi connectivity index (χ4v) is 4.43. The van der Waals surface area contributed by atoms with Crippen LogP contribution in [0.3, 0.4) is 0 Å². The molecule has 0 radical (unpaired) electrons. The number of hydrogen-bond acceptors (Lipinski definition) is 3. The molecule has 3 nitrogen and oxygen atoms in total. The summed E-state index contributed by atoms with van der Waals surface area (Å²) in [6, 6.07) is 23.9. The highest BCUT2D eigenvalue weighted by Crippen LogP contribution is 2.36. The Kier molecular flexibility index (Phi) is 6.50. The minimum absolute atomic E-state index is 0.124. The number of nitrogens with zero attached hydrogens (tertiary/aromatic N) is 3. The van der Waals surface area contributed by atoms with E-state index in [2.05, 4.69) is 33.9 Å². The van der Waals surface area contributed by atoms with Gasteiger partial charge in [0.2, 0.25) is 0 Å². The lowest BCUT2D eigenvalue weighted by molar-refractivity contribution is 0.215. The standard InChI is InChI=1S/C26H21Cl2N3/c1-2-19-7-12-25(24(28)15-19)31-14-13-30(17-21-5-3-20(16-29)4-6-21)18-26(31)22-8-10-23(27)11-9-22/h1,3-12,15,26H,13-14,17-18H2. The third kappa shape index (κ3) is 4.87. The zero-order chi connectivity index (χ0) is 21.8. The molecule has 1 saturated heterocycles. The first kappa shape index (κ1) is 21.3. The van der Waals surface area contributed by atoms with Crippen LogP contribution >= 0.6 is 23.2 Å². The smallest absolute Gasteiger partial charge is 0.0991 e. The largest absolute Gasteiger partial charge is 0.361 e. The van der Waals surface area contributed by atoms with Gasteiger partial charge in [-0.3, -0.25) is 4.90 Å². The van der Waals surface area contributed by atoms with Crippen molar-refractivity contribution >= 4 is 28.9 Å². The fraction of sp³-hybridized carbons (Fsp3) is 0.192. The van der Waals surface area contributed by atoms with E-state index in [0.29, 0.717) is 10.6 Å². The van der Waals surface area contributed by atoms with Gasteiger partial charge in [-0.15, -0.1) is 6.42 Å². The topological polar surface area (TPSA) is 30.3 Å². The van der Waals surface area contributed by atoms with Crippen LogP contribution in [0, 0.1) is 23.7 Å². The summed E-state index contributed by atoms with van der Waals surface area (Å²) in [6.45, 7) is 3.40. The van der Waals surface area contributed by atoms with Gasteiger partial charge in [-0.25, -0.2) is 0 Å². The Morgan fingerprint density at radius 2 is 1.65 bits per heavy atom. The SMILES string of the molecule is C#Cc1ccc(N2CCN(Cc3ccc(C#N)cc3)CC2c2ccc(Cl)cc2)c(Cl)c1. The lowest BCUT2D eigenvalue weighted by Crippen LogP contribution is -2.48. The average Bonchev–Trinajstić information content (AvgIpc) is 2.80. The van der Waals surface area contributed by atoms with Crippen molar-refractivity contribution in [2.45, 2.75) is 12.6 Å². The van der Waals surface area contributed by atoms with Crippen molar-refractivity contribution in [3.05, 3.63) is 99.0 Å². The van der Waals surface area contributed by atoms with E-state index in [1.54, 1.807) is 0 Å². The number of piperazine rings is 1. The maximum absolute atomic E-state index is 9.03. The molecular formula is C26H21Cl2N3. The Morgan fingerprint density at radius 1 is 0.935 bits per heavy atom. The molecule has 0 spiro atoms. The summed E-state index contributed by atoms with van der Waals surface area (Å²) in [6.07, 6.45) is 5.53. The molecule has 0 saturated carbocycles. The summed E-state index contributed by atoms with van der Waals surface area (Å²) in [5.74, 6) is 2.64. The molecular weight excluding hydrogens is 425 g/mol. The Morgan fingerprint density at radius 3 is 2.29 bits per heavy atom. The molecule has 1 unspecified atom stereocenters. The molecule has 0 aliphatic carbocycles.